The number of furan rings is 1. The molecular formula is C18H17ClN2O2S. The van der Waals surface area contributed by atoms with E-state index < -0.39 is 0 Å². The Labute approximate surface area is 151 Å². The van der Waals surface area contributed by atoms with Gasteiger partial charge in [0.2, 0.25) is 0 Å². The molecule has 1 saturated heterocycles. The molecule has 1 aliphatic rings. The standard InChI is InChI=1S/C18H17ClN2O2S/c1-3-20-15(17(22)21(4-2)18(20)24)11-14-9-10-16(23-14)12-5-7-13(19)8-6-12/h5-11H,3-4H2,1-2H3/b15-11-. The van der Waals surface area contributed by atoms with Gasteiger partial charge in [-0.15, -0.1) is 0 Å². The van der Waals surface area contributed by atoms with Gasteiger partial charge in [0.15, 0.2) is 5.11 Å². The topological polar surface area (TPSA) is 36.7 Å². The lowest BCUT2D eigenvalue weighted by Gasteiger charge is -2.16. The number of carbonyl (C=O) groups excluding carboxylic acids is 1. The van der Waals surface area contributed by atoms with Crippen LogP contribution < -0.4 is 0 Å². The van der Waals surface area contributed by atoms with Crippen LogP contribution in [-0.2, 0) is 4.79 Å². The highest BCUT2D eigenvalue weighted by molar-refractivity contribution is 7.80. The Hall–Kier alpha value is -2.11. The zero-order valence-electron chi connectivity index (χ0n) is 13.5. The van der Waals surface area contributed by atoms with Crippen molar-refractivity contribution in [1.82, 2.24) is 9.80 Å². The van der Waals surface area contributed by atoms with Gasteiger partial charge in [-0.3, -0.25) is 9.69 Å². The van der Waals surface area contributed by atoms with Crippen LogP contribution in [0.5, 0.6) is 0 Å². The lowest BCUT2D eigenvalue weighted by atomic mass is 10.2. The Bertz CT molecular complexity index is 811. The number of nitrogens with zero attached hydrogens (tertiary/aromatic N) is 2. The molecule has 3 rings (SSSR count). The van der Waals surface area contributed by atoms with E-state index in [1.807, 2.05) is 55.1 Å². The van der Waals surface area contributed by atoms with Gasteiger partial charge in [-0.25, -0.2) is 0 Å². The predicted molar refractivity (Wildman–Crippen MR) is 99.5 cm³/mol. The fraction of sp³-hybridized carbons (Fsp3) is 0.222. The molecule has 124 valence electrons. The molecule has 4 nitrogen and oxygen atoms in total. The van der Waals surface area contributed by atoms with E-state index in [4.69, 9.17) is 28.2 Å². The Morgan fingerprint density at radius 1 is 1.08 bits per heavy atom. The SMILES string of the molecule is CCN1C(=O)/C(=C/c2ccc(-c3ccc(Cl)cc3)o2)N(CC)C1=S. The third kappa shape index (κ3) is 2.97. The van der Waals surface area contributed by atoms with Crippen LogP contribution in [0.25, 0.3) is 17.4 Å². The first-order valence-corrected chi connectivity index (χ1v) is 8.54. The molecule has 2 aromatic rings. The number of hydrogen-bond donors (Lipinski definition) is 0. The van der Waals surface area contributed by atoms with Crippen molar-refractivity contribution in [2.24, 2.45) is 0 Å². The fourth-order valence-corrected chi connectivity index (χ4v) is 3.21. The van der Waals surface area contributed by atoms with Crippen molar-refractivity contribution >= 4 is 40.9 Å². The summed E-state index contributed by atoms with van der Waals surface area (Å²) in [5.74, 6) is 1.25. The van der Waals surface area contributed by atoms with Crippen LogP contribution in [0.4, 0.5) is 0 Å². The van der Waals surface area contributed by atoms with Gasteiger partial charge in [-0.1, -0.05) is 11.6 Å². The Balaban J connectivity index is 1.92. The summed E-state index contributed by atoms with van der Waals surface area (Å²) in [5.41, 5.74) is 1.47. The first kappa shape index (κ1) is 16.7. The molecule has 24 heavy (non-hydrogen) atoms. The van der Waals surface area contributed by atoms with Gasteiger partial charge < -0.3 is 9.32 Å². The second-order valence-electron chi connectivity index (χ2n) is 5.31. The van der Waals surface area contributed by atoms with Crippen LogP contribution in [0.2, 0.25) is 5.02 Å². The zero-order valence-corrected chi connectivity index (χ0v) is 15.0. The van der Waals surface area contributed by atoms with Gasteiger partial charge in [0.1, 0.15) is 17.2 Å². The molecule has 6 heteroatoms. The van der Waals surface area contributed by atoms with E-state index in [-0.39, 0.29) is 5.91 Å². The minimum atomic E-state index is -0.0891. The molecule has 0 N–H and O–H groups in total. The molecule has 1 amide bonds. The highest BCUT2D eigenvalue weighted by atomic mass is 35.5. The molecule has 1 aromatic heterocycles. The van der Waals surface area contributed by atoms with Gasteiger partial charge in [0.25, 0.3) is 5.91 Å². The predicted octanol–water partition coefficient (Wildman–Crippen LogP) is 4.41. The summed E-state index contributed by atoms with van der Waals surface area (Å²) in [6, 6.07) is 11.1. The summed E-state index contributed by atoms with van der Waals surface area (Å²) < 4.78 is 5.86. The van der Waals surface area contributed by atoms with Crippen LogP contribution in [0.1, 0.15) is 19.6 Å². The summed E-state index contributed by atoms with van der Waals surface area (Å²) in [4.78, 5) is 15.9. The van der Waals surface area contributed by atoms with E-state index in [9.17, 15) is 4.79 Å². The molecule has 0 aliphatic carbocycles. The average Bonchev–Trinajstić information content (AvgIpc) is 3.12. The van der Waals surface area contributed by atoms with Gasteiger partial charge in [0.05, 0.1) is 0 Å². The lowest BCUT2D eigenvalue weighted by molar-refractivity contribution is -0.122. The number of halogens is 1. The third-order valence-corrected chi connectivity index (χ3v) is 4.58. The maximum absolute atomic E-state index is 12.5. The largest absolute Gasteiger partial charge is 0.457 e. The van der Waals surface area contributed by atoms with Gasteiger partial charge >= 0.3 is 0 Å². The Morgan fingerprint density at radius 3 is 2.38 bits per heavy atom. The molecule has 0 unspecified atom stereocenters. The number of thiocarbonyl (C=S) groups is 1. The molecule has 0 spiro atoms. The number of hydrogen-bond acceptors (Lipinski definition) is 3. The van der Waals surface area contributed by atoms with Gasteiger partial charge in [0, 0.05) is 29.8 Å². The highest BCUT2D eigenvalue weighted by Gasteiger charge is 2.36. The minimum Gasteiger partial charge on any atom is -0.457 e. The number of rotatable bonds is 4. The van der Waals surface area contributed by atoms with E-state index in [2.05, 4.69) is 0 Å². The fourth-order valence-electron chi connectivity index (χ4n) is 2.65. The van der Waals surface area contributed by atoms with Crippen LogP contribution in [-0.4, -0.2) is 33.9 Å². The summed E-state index contributed by atoms with van der Waals surface area (Å²) >= 11 is 11.3. The second-order valence-corrected chi connectivity index (χ2v) is 6.12. The van der Waals surface area contributed by atoms with Crippen molar-refractivity contribution in [3.05, 3.63) is 52.9 Å². The number of benzene rings is 1. The monoisotopic (exact) mass is 360 g/mol. The molecule has 1 fully saturated rings. The average molecular weight is 361 g/mol. The van der Waals surface area contributed by atoms with Gasteiger partial charge in [-0.2, -0.15) is 0 Å². The molecule has 0 atom stereocenters. The normalized spacial score (nSPS) is 16.5. The van der Waals surface area contributed by atoms with Crippen LogP contribution >= 0.6 is 23.8 Å². The van der Waals surface area contributed by atoms with Crippen molar-refractivity contribution in [3.63, 3.8) is 0 Å². The summed E-state index contributed by atoms with van der Waals surface area (Å²) in [7, 11) is 0. The summed E-state index contributed by atoms with van der Waals surface area (Å²) in [6.07, 6.45) is 1.74. The molecular weight excluding hydrogens is 344 g/mol. The van der Waals surface area contributed by atoms with Crippen molar-refractivity contribution in [1.29, 1.82) is 0 Å². The Morgan fingerprint density at radius 2 is 1.75 bits per heavy atom. The maximum Gasteiger partial charge on any atom is 0.276 e. The van der Waals surface area contributed by atoms with Crippen molar-refractivity contribution < 1.29 is 9.21 Å². The van der Waals surface area contributed by atoms with Gasteiger partial charge in [-0.05, 0) is 62.5 Å². The highest BCUT2D eigenvalue weighted by Crippen LogP contribution is 2.27. The number of likely N-dealkylation sites (N-methyl/N-ethyl adjacent to an activating group) is 2. The molecule has 1 aromatic carbocycles. The van der Waals surface area contributed by atoms with E-state index in [0.29, 0.717) is 34.7 Å². The molecule has 0 bridgehead atoms. The van der Waals surface area contributed by atoms with Crippen LogP contribution in [0, 0.1) is 0 Å². The zero-order chi connectivity index (χ0) is 17.3. The second kappa shape index (κ2) is 6.79. The quantitative estimate of drug-likeness (QED) is 0.597. The molecule has 1 aliphatic heterocycles. The molecule has 2 heterocycles. The summed E-state index contributed by atoms with van der Waals surface area (Å²) in [5, 5.41) is 1.22. The van der Waals surface area contributed by atoms with E-state index in [0.717, 1.165) is 11.3 Å². The first-order chi connectivity index (χ1) is 11.5. The molecule has 0 radical (unpaired) electrons. The minimum absolute atomic E-state index is 0.0891. The number of carbonyl (C=O) groups is 1. The molecule has 0 saturated carbocycles. The van der Waals surface area contributed by atoms with Crippen molar-refractivity contribution in [3.8, 4) is 11.3 Å². The van der Waals surface area contributed by atoms with Crippen LogP contribution in [0.3, 0.4) is 0 Å². The van der Waals surface area contributed by atoms with Crippen molar-refractivity contribution in [2.75, 3.05) is 13.1 Å². The van der Waals surface area contributed by atoms with Crippen LogP contribution in [0.15, 0.2) is 46.5 Å². The third-order valence-electron chi connectivity index (χ3n) is 3.88. The van der Waals surface area contributed by atoms with E-state index in [1.54, 1.807) is 11.0 Å². The smallest absolute Gasteiger partial charge is 0.276 e. The van der Waals surface area contributed by atoms with Crippen molar-refractivity contribution in [2.45, 2.75) is 13.8 Å². The summed E-state index contributed by atoms with van der Waals surface area (Å²) in [6.45, 7) is 5.07. The lowest BCUT2D eigenvalue weighted by Crippen LogP contribution is -2.32. The van der Waals surface area contributed by atoms with E-state index >= 15 is 0 Å². The van der Waals surface area contributed by atoms with E-state index in [1.165, 1.54) is 0 Å². The maximum atomic E-state index is 12.5. The Kier molecular flexibility index (Phi) is 4.73. The first-order valence-electron chi connectivity index (χ1n) is 7.76. The number of amides is 1.